The van der Waals surface area contributed by atoms with Gasteiger partial charge in [0, 0.05) is 22.6 Å². The van der Waals surface area contributed by atoms with Gasteiger partial charge in [-0.25, -0.2) is 13.2 Å². The number of hydrogen-bond donors (Lipinski definition) is 1. The van der Waals surface area contributed by atoms with Crippen molar-refractivity contribution >= 4 is 11.6 Å². The second-order valence-electron chi connectivity index (χ2n) is 4.75. The molecule has 1 aliphatic heterocycles. The van der Waals surface area contributed by atoms with E-state index in [1.54, 1.807) is 6.07 Å². The first-order valence-corrected chi connectivity index (χ1v) is 6.63. The Kier molecular flexibility index (Phi) is 3.55. The molecule has 21 heavy (non-hydrogen) atoms. The van der Waals surface area contributed by atoms with Gasteiger partial charge >= 0.3 is 0 Å². The summed E-state index contributed by atoms with van der Waals surface area (Å²) in [7, 11) is 0. The smallest absolute Gasteiger partial charge is 0.194 e. The fourth-order valence-corrected chi connectivity index (χ4v) is 2.67. The number of benzene rings is 2. The first-order chi connectivity index (χ1) is 9.99. The number of rotatable bonds is 2. The summed E-state index contributed by atoms with van der Waals surface area (Å²) in [6, 6.07) is 4.89. The molecular formula is C15H10ClF3O2. The lowest BCUT2D eigenvalue weighted by Gasteiger charge is -2.16. The molecule has 110 valence electrons. The number of hydrogen-bond acceptors (Lipinski definition) is 2. The molecule has 0 aromatic heterocycles. The van der Waals surface area contributed by atoms with Gasteiger partial charge in [-0.05, 0) is 23.8 Å². The molecule has 0 aliphatic carbocycles. The maximum Gasteiger partial charge on any atom is 0.194 e. The van der Waals surface area contributed by atoms with Crippen LogP contribution in [-0.4, -0.2) is 11.7 Å². The molecule has 3 rings (SSSR count). The minimum Gasteiger partial charge on any atom is -0.493 e. The predicted molar refractivity (Wildman–Crippen MR) is 71.0 cm³/mol. The summed E-state index contributed by atoms with van der Waals surface area (Å²) in [6.07, 6.45) is -0.874. The van der Waals surface area contributed by atoms with Crippen molar-refractivity contribution in [3.63, 3.8) is 0 Å². The molecule has 0 amide bonds. The van der Waals surface area contributed by atoms with Crippen LogP contribution in [-0.2, 0) is 6.42 Å². The van der Waals surface area contributed by atoms with E-state index in [9.17, 15) is 18.3 Å². The molecule has 0 spiro atoms. The predicted octanol–water partition coefficient (Wildman–Crippen LogP) is 3.77. The molecule has 2 nitrogen and oxygen atoms in total. The molecule has 2 aromatic rings. The topological polar surface area (TPSA) is 29.5 Å². The van der Waals surface area contributed by atoms with Crippen molar-refractivity contribution in [2.24, 2.45) is 0 Å². The van der Waals surface area contributed by atoms with Crippen molar-refractivity contribution in [3.8, 4) is 5.75 Å². The third-order valence-corrected chi connectivity index (χ3v) is 3.65. The Labute approximate surface area is 123 Å². The lowest BCUT2D eigenvalue weighted by atomic mass is 9.97. The second-order valence-corrected chi connectivity index (χ2v) is 5.19. The van der Waals surface area contributed by atoms with Gasteiger partial charge in [0.25, 0.3) is 0 Å². The molecule has 0 saturated heterocycles. The molecule has 0 fully saturated rings. The molecule has 1 N–H and O–H groups in total. The van der Waals surface area contributed by atoms with Crippen molar-refractivity contribution in [3.05, 3.63) is 63.4 Å². The van der Waals surface area contributed by atoms with Crippen LogP contribution in [0.5, 0.6) is 5.75 Å². The van der Waals surface area contributed by atoms with Gasteiger partial charge in [-0.2, -0.15) is 0 Å². The molecular weight excluding hydrogens is 305 g/mol. The number of halogens is 4. The Balaban J connectivity index is 2.12. The summed E-state index contributed by atoms with van der Waals surface area (Å²) in [4.78, 5) is 0. The Morgan fingerprint density at radius 2 is 1.86 bits per heavy atom. The molecule has 1 atom stereocenters. The van der Waals surface area contributed by atoms with Gasteiger partial charge in [0.05, 0.1) is 6.61 Å². The number of fused-ring (bicyclic) bond motifs is 1. The summed E-state index contributed by atoms with van der Waals surface area (Å²) in [5.74, 6) is -3.94. The Morgan fingerprint density at radius 1 is 1.10 bits per heavy atom. The summed E-state index contributed by atoms with van der Waals surface area (Å²) < 4.78 is 45.5. The van der Waals surface area contributed by atoms with Crippen molar-refractivity contribution in [1.82, 2.24) is 0 Å². The van der Waals surface area contributed by atoms with Crippen molar-refractivity contribution in [2.45, 2.75) is 12.5 Å². The van der Waals surface area contributed by atoms with E-state index < -0.39 is 23.6 Å². The molecule has 0 radical (unpaired) electrons. The zero-order chi connectivity index (χ0) is 15.1. The fraction of sp³-hybridized carbons (Fsp3) is 0.200. The molecule has 0 bridgehead atoms. The molecule has 2 aromatic carbocycles. The van der Waals surface area contributed by atoms with E-state index in [4.69, 9.17) is 16.3 Å². The van der Waals surface area contributed by atoms with Gasteiger partial charge in [-0.3, -0.25) is 0 Å². The zero-order valence-corrected chi connectivity index (χ0v) is 11.4. The number of ether oxygens (including phenoxy) is 1. The number of aliphatic hydroxyl groups is 1. The van der Waals surface area contributed by atoms with Crippen LogP contribution in [0.15, 0.2) is 24.3 Å². The highest BCUT2D eigenvalue weighted by Crippen LogP contribution is 2.39. The highest BCUT2D eigenvalue weighted by molar-refractivity contribution is 6.30. The monoisotopic (exact) mass is 314 g/mol. The number of aliphatic hydroxyl groups excluding tert-OH is 1. The van der Waals surface area contributed by atoms with Crippen LogP contribution in [0.3, 0.4) is 0 Å². The fourth-order valence-electron chi connectivity index (χ4n) is 2.42. The van der Waals surface area contributed by atoms with Gasteiger partial charge in [-0.1, -0.05) is 17.7 Å². The summed E-state index contributed by atoms with van der Waals surface area (Å²) in [5.41, 5.74) is 0.660. The maximum absolute atomic E-state index is 13.8. The third kappa shape index (κ3) is 2.36. The van der Waals surface area contributed by atoms with Crippen LogP contribution in [0.2, 0.25) is 5.02 Å². The van der Waals surface area contributed by atoms with Crippen LogP contribution >= 0.6 is 11.6 Å². The maximum atomic E-state index is 13.8. The lowest BCUT2D eigenvalue weighted by Crippen LogP contribution is -2.07. The van der Waals surface area contributed by atoms with E-state index in [0.717, 1.165) is 17.7 Å². The first-order valence-electron chi connectivity index (χ1n) is 6.25. The van der Waals surface area contributed by atoms with E-state index in [1.807, 2.05) is 0 Å². The van der Waals surface area contributed by atoms with Crippen LogP contribution in [0.25, 0.3) is 0 Å². The highest BCUT2D eigenvalue weighted by Gasteiger charge is 2.26. The Hall–Kier alpha value is -1.72. The van der Waals surface area contributed by atoms with Crippen LogP contribution in [0, 0.1) is 17.5 Å². The Bertz CT molecular complexity index is 719. The van der Waals surface area contributed by atoms with Gasteiger partial charge < -0.3 is 9.84 Å². The normalized spacial score (nSPS) is 14.7. The minimum atomic E-state index is -1.62. The second kappa shape index (κ2) is 5.24. The SMILES string of the molecule is OC(c1ccc(F)c(F)c1F)c1cc(Cl)cc2c1OCC2. The van der Waals surface area contributed by atoms with Gasteiger partial charge in [0.2, 0.25) is 0 Å². The van der Waals surface area contributed by atoms with Crippen LogP contribution in [0.1, 0.15) is 22.8 Å². The standard InChI is InChI=1S/C15H10ClF3O2/c16-8-5-7-3-4-21-15(7)10(6-8)14(20)9-1-2-11(17)13(19)12(9)18/h1-2,5-6,14,20H,3-4H2. The Morgan fingerprint density at radius 3 is 2.62 bits per heavy atom. The van der Waals surface area contributed by atoms with E-state index in [1.165, 1.54) is 6.07 Å². The summed E-state index contributed by atoms with van der Waals surface area (Å²) in [6.45, 7) is 0.426. The molecule has 0 saturated carbocycles. The average molecular weight is 315 g/mol. The summed E-state index contributed by atoms with van der Waals surface area (Å²) in [5, 5.41) is 10.7. The molecule has 1 heterocycles. The lowest BCUT2D eigenvalue weighted by molar-refractivity contribution is 0.206. The molecule has 6 heteroatoms. The van der Waals surface area contributed by atoms with E-state index >= 15 is 0 Å². The van der Waals surface area contributed by atoms with Gasteiger partial charge in [0.15, 0.2) is 17.5 Å². The van der Waals surface area contributed by atoms with Gasteiger partial charge in [0.1, 0.15) is 11.9 Å². The van der Waals surface area contributed by atoms with Crippen molar-refractivity contribution in [2.75, 3.05) is 6.61 Å². The largest absolute Gasteiger partial charge is 0.493 e. The third-order valence-electron chi connectivity index (χ3n) is 3.43. The highest BCUT2D eigenvalue weighted by atomic mass is 35.5. The average Bonchev–Trinajstić information content (AvgIpc) is 2.91. The van der Waals surface area contributed by atoms with E-state index in [0.29, 0.717) is 23.8 Å². The molecule has 1 aliphatic rings. The zero-order valence-electron chi connectivity index (χ0n) is 10.7. The van der Waals surface area contributed by atoms with Crippen LogP contribution in [0.4, 0.5) is 13.2 Å². The van der Waals surface area contributed by atoms with Crippen molar-refractivity contribution in [1.29, 1.82) is 0 Å². The molecule has 1 unspecified atom stereocenters. The minimum absolute atomic E-state index is 0.236. The quantitative estimate of drug-likeness (QED) is 0.855. The van der Waals surface area contributed by atoms with Gasteiger partial charge in [-0.15, -0.1) is 0 Å². The van der Waals surface area contributed by atoms with Crippen LogP contribution < -0.4 is 4.74 Å². The summed E-state index contributed by atoms with van der Waals surface area (Å²) >= 11 is 5.96. The van der Waals surface area contributed by atoms with E-state index in [-0.39, 0.29) is 11.1 Å². The first kappa shape index (κ1) is 14.2. The van der Waals surface area contributed by atoms with E-state index in [2.05, 4.69) is 0 Å². The van der Waals surface area contributed by atoms with Crippen molar-refractivity contribution < 1.29 is 23.0 Å².